The first kappa shape index (κ1) is 16.9. The normalized spacial score (nSPS) is 24.3. The number of thioether (sulfide) groups is 1. The Morgan fingerprint density at radius 3 is 2.62 bits per heavy atom. The lowest BCUT2D eigenvalue weighted by Crippen LogP contribution is -2.44. The van der Waals surface area contributed by atoms with Crippen LogP contribution in [0.2, 0.25) is 0 Å². The van der Waals surface area contributed by atoms with Crippen molar-refractivity contribution in [2.45, 2.75) is 58.1 Å². The van der Waals surface area contributed by atoms with Crippen molar-refractivity contribution >= 4 is 17.9 Å². The molecule has 0 spiro atoms. The van der Waals surface area contributed by atoms with Gasteiger partial charge in [-0.25, -0.2) is 4.79 Å². The summed E-state index contributed by atoms with van der Waals surface area (Å²) < 4.78 is 5.50. The van der Waals surface area contributed by atoms with Gasteiger partial charge in [-0.2, -0.15) is 11.8 Å². The van der Waals surface area contributed by atoms with Crippen molar-refractivity contribution in [3.8, 4) is 0 Å². The van der Waals surface area contributed by atoms with E-state index in [1.807, 2.05) is 25.7 Å². The van der Waals surface area contributed by atoms with Crippen molar-refractivity contribution in [2.24, 2.45) is 5.92 Å². The minimum atomic E-state index is -0.405. The molecule has 21 heavy (non-hydrogen) atoms. The number of nitrogens with zero attached hydrogens (tertiary/aromatic N) is 1. The first-order chi connectivity index (χ1) is 9.96. The number of nitrogens with one attached hydrogen (secondary N) is 1. The third-order valence-corrected chi connectivity index (χ3v) is 5.21. The molecule has 122 valence electrons. The van der Waals surface area contributed by atoms with Gasteiger partial charge in [0, 0.05) is 19.1 Å². The topological polar surface area (TPSA) is 41.6 Å². The van der Waals surface area contributed by atoms with E-state index in [1.54, 1.807) is 0 Å². The second-order valence-electron chi connectivity index (χ2n) is 7.18. The molecule has 2 rings (SSSR count). The second kappa shape index (κ2) is 7.73. The van der Waals surface area contributed by atoms with Crippen LogP contribution < -0.4 is 5.32 Å². The van der Waals surface area contributed by atoms with Gasteiger partial charge in [-0.15, -0.1) is 0 Å². The fourth-order valence-electron chi connectivity index (χ4n) is 3.01. The molecule has 4 nitrogen and oxygen atoms in total. The summed E-state index contributed by atoms with van der Waals surface area (Å²) in [6.45, 7) is 8.61. The van der Waals surface area contributed by atoms with E-state index in [1.165, 1.54) is 24.3 Å². The fourth-order valence-corrected chi connectivity index (χ4v) is 4.22. The largest absolute Gasteiger partial charge is 0.444 e. The maximum absolute atomic E-state index is 12.2. The van der Waals surface area contributed by atoms with Crippen LogP contribution in [0.3, 0.4) is 0 Å². The molecule has 0 aromatic carbocycles. The van der Waals surface area contributed by atoms with E-state index < -0.39 is 5.60 Å². The van der Waals surface area contributed by atoms with Crippen LogP contribution in [0.4, 0.5) is 4.79 Å². The van der Waals surface area contributed by atoms with Crippen molar-refractivity contribution < 1.29 is 9.53 Å². The van der Waals surface area contributed by atoms with Crippen LogP contribution in [0.25, 0.3) is 0 Å². The molecule has 1 atom stereocenters. The average Bonchev–Trinajstić information content (AvgIpc) is 2.86. The molecule has 0 aromatic heterocycles. The zero-order valence-corrected chi connectivity index (χ0v) is 14.5. The molecular formula is C16H30N2O2S. The summed E-state index contributed by atoms with van der Waals surface area (Å²) in [5.74, 6) is 3.43. The molecule has 0 radical (unpaired) electrons. The van der Waals surface area contributed by atoms with E-state index in [4.69, 9.17) is 4.74 Å². The van der Waals surface area contributed by atoms with E-state index in [2.05, 4.69) is 17.1 Å². The summed E-state index contributed by atoms with van der Waals surface area (Å²) in [5, 5.41) is 3.59. The highest BCUT2D eigenvalue weighted by atomic mass is 32.2. The Labute approximate surface area is 133 Å². The number of carbonyl (C=O) groups excluding carboxylic acids is 1. The molecule has 5 heteroatoms. The zero-order valence-electron chi connectivity index (χ0n) is 13.7. The van der Waals surface area contributed by atoms with Gasteiger partial charge in [-0.05, 0) is 70.4 Å². The number of hydrogen-bond donors (Lipinski definition) is 1. The number of likely N-dealkylation sites (tertiary alicyclic amines) is 1. The lowest BCUT2D eigenvalue weighted by atomic mass is 10.0. The van der Waals surface area contributed by atoms with Crippen LogP contribution in [-0.2, 0) is 4.74 Å². The minimum absolute atomic E-state index is 0.152. The molecule has 1 amide bonds. The SMILES string of the molecule is CC(C)(C)OC(=O)N1CCCC1CNCC1CCSCC1. The van der Waals surface area contributed by atoms with Crippen molar-refractivity contribution in [2.75, 3.05) is 31.1 Å². The Balaban J connectivity index is 1.72. The summed E-state index contributed by atoms with van der Waals surface area (Å²) in [6.07, 6.45) is 4.69. The van der Waals surface area contributed by atoms with Crippen molar-refractivity contribution in [3.05, 3.63) is 0 Å². The van der Waals surface area contributed by atoms with E-state index >= 15 is 0 Å². The molecule has 0 aromatic rings. The highest BCUT2D eigenvalue weighted by Crippen LogP contribution is 2.23. The molecule has 2 heterocycles. The lowest BCUT2D eigenvalue weighted by molar-refractivity contribution is 0.0226. The average molecular weight is 314 g/mol. The highest BCUT2D eigenvalue weighted by Gasteiger charge is 2.31. The first-order valence-corrected chi connectivity index (χ1v) is 9.39. The van der Waals surface area contributed by atoms with E-state index in [0.717, 1.165) is 38.4 Å². The predicted molar refractivity (Wildman–Crippen MR) is 88.9 cm³/mol. The zero-order chi connectivity index (χ0) is 15.3. The van der Waals surface area contributed by atoms with Gasteiger partial charge in [0.05, 0.1) is 0 Å². The van der Waals surface area contributed by atoms with Gasteiger partial charge in [0.2, 0.25) is 0 Å². The maximum atomic E-state index is 12.2. The second-order valence-corrected chi connectivity index (χ2v) is 8.41. The molecule has 0 bridgehead atoms. The number of rotatable bonds is 4. The third-order valence-electron chi connectivity index (χ3n) is 4.16. The molecule has 2 fully saturated rings. The summed E-state index contributed by atoms with van der Waals surface area (Å²) in [6, 6.07) is 0.304. The quantitative estimate of drug-likeness (QED) is 0.865. The van der Waals surface area contributed by atoms with Gasteiger partial charge < -0.3 is 15.0 Å². The maximum Gasteiger partial charge on any atom is 0.410 e. The number of amides is 1. The third kappa shape index (κ3) is 5.70. The molecular weight excluding hydrogens is 284 g/mol. The van der Waals surface area contributed by atoms with Crippen LogP contribution in [0.5, 0.6) is 0 Å². The van der Waals surface area contributed by atoms with Crippen LogP contribution in [0.1, 0.15) is 46.5 Å². The monoisotopic (exact) mass is 314 g/mol. The molecule has 1 unspecified atom stereocenters. The Kier molecular flexibility index (Phi) is 6.23. The molecule has 2 aliphatic heterocycles. The summed E-state index contributed by atoms with van der Waals surface area (Å²) in [7, 11) is 0. The van der Waals surface area contributed by atoms with Crippen LogP contribution >= 0.6 is 11.8 Å². The van der Waals surface area contributed by atoms with Gasteiger partial charge in [-0.1, -0.05) is 0 Å². The predicted octanol–water partition coefficient (Wildman–Crippen LogP) is 3.12. The molecule has 0 aliphatic carbocycles. The van der Waals surface area contributed by atoms with Crippen LogP contribution in [-0.4, -0.2) is 53.8 Å². The van der Waals surface area contributed by atoms with E-state index in [9.17, 15) is 4.79 Å². The summed E-state index contributed by atoms with van der Waals surface area (Å²) in [4.78, 5) is 14.1. The first-order valence-electron chi connectivity index (χ1n) is 8.24. The number of ether oxygens (including phenoxy) is 1. The van der Waals surface area contributed by atoms with E-state index in [0.29, 0.717) is 6.04 Å². The molecule has 2 saturated heterocycles. The van der Waals surface area contributed by atoms with Gasteiger partial charge in [0.25, 0.3) is 0 Å². The van der Waals surface area contributed by atoms with Crippen molar-refractivity contribution in [1.29, 1.82) is 0 Å². The smallest absolute Gasteiger partial charge is 0.410 e. The molecule has 0 saturated carbocycles. The van der Waals surface area contributed by atoms with Gasteiger partial charge in [-0.3, -0.25) is 0 Å². The van der Waals surface area contributed by atoms with Crippen LogP contribution in [0, 0.1) is 5.92 Å². The minimum Gasteiger partial charge on any atom is -0.444 e. The summed E-state index contributed by atoms with van der Waals surface area (Å²) >= 11 is 2.07. The lowest BCUT2D eigenvalue weighted by Gasteiger charge is -2.29. The van der Waals surface area contributed by atoms with E-state index in [-0.39, 0.29) is 6.09 Å². The van der Waals surface area contributed by atoms with Crippen molar-refractivity contribution in [3.63, 3.8) is 0 Å². The van der Waals surface area contributed by atoms with Gasteiger partial charge >= 0.3 is 6.09 Å². The summed E-state index contributed by atoms with van der Waals surface area (Å²) in [5.41, 5.74) is -0.405. The molecule has 1 N–H and O–H groups in total. The number of carbonyl (C=O) groups is 1. The Bertz CT molecular complexity index is 338. The fraction of sp³-hybridized carbons (Fsp3) is 0.938. The molecule has 2 aliphatic rings. The Morgan fingerprint density at radius 2 is 1.95 bits per heavy atom. The van der Waals surface area contributed by atoms with Gasteiger partial charge in [0.1, 0.15) is 5.60 Å². The number of hydrogen-bond acceptors (Lipinski definition) is 4. The van der Waals surface area contributed by atoms with Gasteiger partial charge in [0.15, 0.2) is 0 Å². The highest BCUT2D eigenvalue weighted by molar-refractivity contribution is 7.99. The Hall–Kier alpha value is -0.420. The standard InChI is InChI=1S/C16H30N2O2S/c1-16(2,3)20-15(19)18-8-4-5-14(18)12-17-11-13-6-9-21-10-7-13/h13-14,17H,4-12H2,1-3H3. The Morgan fingerprint density at radius 1 is 1.24 bits per heavy atom. The van der Waals surface area contributed by atoms with Crippen LogP contribution in [0.15, 0.2) is 0 Å². The van der Waals surface area contributed by atoms with Crippen molar-refractivity contribution in [1.82, 2.24) is 10.2 Å².